The smallest absolute Gasteiger partial charge is 0.433 e. The molecule has 1 aromatic heterocycles. The summed E-state index contributed by atoms with van der Waals surface area (Å²) in [5, 5.41) is 2.30. The Kier molecular flexibility index (Phi) is 6.22. The summed E-state index contributed by atoms with van der Waals surface area (Å²) in [6.07, 6.45) is -5.71. The third-order valence-electron chi connectivity index (χ3n) is 2.90. The number of esters is 1. The first-order chi connectivity index (χ1) is 11.3. The van der Waals surface area contributed by atoms with Crippen LogP contribution in [0.25, 0.3) is 0 Å². The molecule has 0 fully saturated rings. The van der Waals surface area contributed by atoms with Crippen LogP contribution in [-0.2, 0) is 26.9 Å². The number of amides is 1. The molecule has 10 heteroatoms. The van der Waals surface area contributed by atoms with E-state index in [1.54, 1.807) is 20.8 Å². The van der Waals surface area contributed by atoms with E-state index in [4.69, 9.17) is 10.5 Å². The van der Waals surface area contributed by atoms with Crippen molar-refractivity contribution < 1.29 is 32.2 Å². The lowest BCUT2D eigenvalue weighted by atomic mass is 10.1. The van der Waals surface area contributed by atoms with Gasteiger partial charge >= 0.3 is 18.2 Å². The molecule has 0 aromatic carbocycles. The second kappa shape index (κ2) is 7.58. The molecule has 1 rings (SSSR count). The van der Waals surface area contributed by atoms with Gasteiger partial charge in [0.05, 0.1) is 7.11 Å². The normalized spacial score (nSPS) is 13.1. The first-order valence-electron chi connectivity index (χ1n) is 7.23. The Labute approximate surface area is 142 Å². The second-order valence-corrected chi connectivity index (χ2v) is 6.16. The molecule has 1 aromatic rings. The lowest BCUT2D eigenvalue weighted by Crippen LogP contribution is -2.45. The molecule has 1 heterocycles. The Morgan fingerprint density at radius 2 is 1.88 bits per heavy atom. The van der Waals surface area contributed by atoms with Gasteiger partial charge in [-0.1, -0.05) is 6.07 Å². The number of ether oxygens (including phenoxy) is 2. The van der Waals surface area contributed by atoms with Crippen LogP contribution in [0.5, 0.6) is 0 Å². The molecule has 0 unspecified atom stereocenters. The maximum absolute atomic E-state index is 12.6. The number of nitrogen functional groups attached to an aromatic ring is 1. The maximum Gasteiger partial charge on any atom is 0.433 e. The predicted molar refractivity (Wildman–Crippen MR) is 82.5 cm³/mol. The lowest BCUT2D eigenvalue weighted by Gasteiger charge is -2.23. The number of alkyl halides is 3. The molecule has 1 atom stereocenters. The minimum Gasteiger partial charge on any atom is -0.467 e. The molecular formula is C15H20F3N3O4. The summed E-state index contributed by atoms with van der Waals surface area (Å²) in [6, 6.07) is 0.645. The number of anilines is 1. The summed E-state index contributed by atoms with van der Waals surface area (Å²) in [5.41, 5.74) is 3.74. The summed E-state index contributed by atoms with van der Waals surface area (Å²) in [4.78, 5) is 26.9. The highest BCUT2D eigenvalue weighted by Gasteiger charge is 2.33. The molecule has 1 amide bonds. The summed E-state index contributed by atoms with van der Waals surface area (Å²) < 4.78 is 47.5. The zero-order valence-electron chi connectivity index (χ0n) is 14.2. The van der Waals surface area contributed by atoms with Crippen molar-refractivity contribution >= 4 is 17.9 Å². The Hall–Kier alpha value is -2.52. The fraction of sp³-hybridized carbons (Fsp3) is 0.533. The number of carbonyl (C=O) groups is 2. The third kappa shape index (κ3) is 6.48. The molecule has 3 N–H and O–H groups in total. The van der Waals surface area contributed by atoms with Gasteiger partial charge in [-0.15, -0.1) is 0 Å². The largest absolute Gasteiger partial charge is 0.467 e. The first kappa shape index (κ1) is 20.5. The Bertz CT molecular complexity index is 642. The van der Waals surface area contributed by atoms with Crippen molar-refractivity contribution in [2.45, 2.75) is 45.0 Å². The lowest BCUT2D eigenvalue weighted by molar-refractivity contribution is -0.143. The van der Waals surface area contributed by atoms with Crippen molar-refractivity contribution in [1.82, 2.24) is 10.3 Å². The fourth-order valence-corrected chi connectivity index (χ4v) is 1.84. The predicted octanol–water partition coefficient (Wildman–Crippen LogP) is 2.29. The molecule has 25 heavy (non-hydrogen) atoms. The highest BCUT2D eigenvalue weighted by molar-refractivity contribution is 5.81. The summed E-state index contributed by atoms with van der Waals surface area (Å²) >= 11 is 0. The van der Waals surface area contributed by atoms with E-state index in [1.807, 2.05) is 0 Å². The van der Waals surface area contributed by atoms with Gasteiger partial charge < -0.3 is 20.5 Å². The van der Waals surface area contributed by atoms with Gasteiger partial charge in [-0.25, -0.2) is 14.6 Å². The molecule has 7 nitrogen and oxygen atoms in total. The zero-order chi connectivity index (χ0) is 19.4. The van der Waals surface area contributed by atoms with Gasteiger partial charge in [0.2, 0.25) is 0 Å². The standard InChI is InChI=1S/C15H20F3N3O4/c1-14(2,3)25-13(23)20-9(12(22)24-4)7-8-5-6-10(15(16,17)18)21-11(8)19/h5-6,9H,7H2,1-4H3,(H2,19,21)(H,20,23)/t9-/m1/s1. The number of pyridine rings is 1. The van der Waals surface area contributed by atoms with Gasteiger partial charge in [-0.2, -0.15) is 13.2 Å². The van der Waals surface area contributed by atoms with Crippen molar-refractivity contribution in [3.8, 4) is 0 Å². The zero-order valence-corrected chi connectivity index (χ0v) is 14.2. The van der Waals surface area contributed by atoms with Crippen LogP contribution in [0, 0.1) is 0 Å². The van der Waals surface area contributed by atoms with E-state index in [9.17, 15) is 22.8 Å². The first-order valence-corrected chi connectivity index (χ1v) is 7.23. The maximum atomic E-state index is 12.6. The molecule has 140 valence electrons. The van der Waals surface area contributed by atoms with Crippen molar-refractivity contribution in [3.63, 3.8) is 0 Å². The highest BCUT2D eigenvalue weighted by Crippen LogP contribution is 2.29. The number of nitrogens with one attached hydrogen (secondary N) is 1. The van der Waals surface area contributed by atoms with Crippen molar-refractivity contribution in [2.24, 2.45) is 0 Å². The van der Waals surface area contributed by atoms with Crippen LogP contribution >= 0.6 is 0 Å². The van der Waals surface area contributed by atoms with E-state index in [0.717, 1.165) is 19.2 Å². The van der Waals surface area contributed by atoms with Crippen molar-refractivity contribution in [3.05, 3.63) is 23.4 Å². The second-order valence-electron chi connectivity index (χ2n) is 6.16. The Morgan fingerprint density at radius 3 is 2.32 bits per heavy atom. The third-order valence-corrected chi connectivity index (χ3v) is 2.90. The van der Waals surface area contributed by atoms with Crippen LogP contribution in [-0.4, -0.2) is 35.8 Å². The van der Waals surface area contributed by atoms with E-state index >= 15 is 0 Å². The number of nitrogens with two attached hydrogens (primary N) is 1. The van der Waals surface area contributed by atoms with E-state index in [2.05, 4.69) is 15.0 Å². The summed E-state index contributed by atoms with van der Waals surface area (Å²) in [7, 11) is 1.11. The molecule has 0 aliphatic carbocycles. The fourth-order valence-electron chi connectivity index (χ4n) is 1.84. The minimum absolute atomic E-state index is 0.152. The van der Waals surface area contributed by atoms with Crippen LogP contribution in [0.3, 0.4) is 0 Å². The molecule has 0 saturated carbocycles. The van der Waals surface area contributed by atoms with Crippen LogP contribution in [0.2, 0.25) is 0 Å². The number of halogens is 3. The van der Waals surface area contributed by atoms with Gasteiger partial charge in [-0.05, 0) is 32.4 Å². The minimum atomic E-state index is -4.64. The van der Waals surface area contributed by atoms with E-state index in [1.165, 1.54) is 0 Å². The number of methoxy groups -OCH3 is 1. The van der Waals surface area contributed by atoms with Crippen molar-refractivity contribution in [1.29, 1.82) is 0 Å². The number of hydrogen-bond acceptors (Lipinski definition) is 6. The average Bonchev–Trinajstić information content (AvgIpc) is 2.44. The monoisotopic (exact) mass is 363 g/mol. The van der Waals surface area contributed by atoms with Crippen LogP contribution < -0.4 is 11.1 Å². The molecule has 0 aliphatic rings. The Morgan fingerprint density at radius 1 is 1.28 bits per heavy atom. The highest BCUT2D eigenvalue weighted by atomic mass is 19.4. The van der Waals surface area contributed by atoms with Gasteiger partial charge in [0.15, 0.2) is 0 Å². The molecular weight excluding hydrogens is 343 g/mol. The molecule has 0 radical (unpaired) electrons. The van der Waals surface area contributed by atoms with Gasteiger partial charge in [0, 0.05) is 6.42 Å². The van der Waals surface area contributed by atoms with Gasteiger partial charge in [0.25, 0.3) is 0 Å². The average molecular weight is 363 g/mol. The number of aromatic nitrogens is 1. The number of carbonyl (C=O) groups excluding carboxylic acids is 2. The van der Waals surface area contributed by atoms with Crippen LogP contribution in [0.1, 0.15) is 32.0 Å². The van der Waals surface area contributed by atoms with Crippen LogP contribution in [0.4, 0.5) is 23.8 Å². The number of hydrogen-bond donors (Lipinski definition) is 2. The van der Waals surface area contributed by atoms with E-state index in [0.29, 0.717) is 0 Å². The van der Waals surface area contributed by atoms with Gasteiger partial charge in [-0.3, -0.25) is 0 Å². The molecule has 0 aliphatic heterocycles. The SMILES string of the molecule is COC(=O)[C@@H](Cc1ccc(C(F)(F)F)nc1N)NC(=O)OC(C)(C)C. The van der Waals surface area contributed by atoms with Crippen molar-refractivity contribution in [2.75, 3.05) is 12.8 Å². The Balaban J connectivity index is 2.96. The van der Waals surface area contributed by atoms with Gasteiger partial charge in [0.1, 0.15) is 23.2 Å². The molecule has 0 spiro atoms. The van der Waals surface area contributed by atoms with Crippen LogP contribution in [0.15, 0.2) is 12.1 Å². The quantitative estimate of drug-likeness (QED) is 0.796. The van der Waals surface area contributed by atoms with E-state index < -0.39 is 41.4 Å². The molecule has 0 saturated heterocycles. The number of rotatable bonds is 4. The topological polar surface area (TPSA) is 104 Å². The number of nitrogens with zero attached hydrogens (tertiary/aromatic N) is 1. The number of alkyl carbamates (subject to hydrolysis) is 1. The summed E-state index contributed by atoms with van der Waals surface area (Å²) in [5.74, 6) is -1.19. The summed E-state index contributed by atoms with van der Waals surface area (Å²) in [6.45, 7) is 4.91. The molecule has 0 bridgehead atoms. The van der Waals surface area contributed by atoms with E-state index in [-0.39, 0.29) is 12.0 Å².